The Morgan fingerprint density at radius 3 is 2.81 bits per heavy atom. The Hall–Kier alpha value is -1.51. The minimum Gasteiger partial charge on any atom is -0.395 e. The lowest BCUT2D eigenvalue weighted by Crippen LogP contribution is -2.40. The van der Waals surface area contributed by atoms with Crippen LogP contribution in [-0.4, -0.2) is 35.7 Å². The molecule has 0 atom stereocenters. The monoisotopic (exact) mass is 306 g/mol. The van der Waals surface area contributed by atoms with Gasteiger partial charge in [0.05, 0.1) is 13.2 Å². The zero-order valence-electron chi connectivity index (χ0n) is 12.2. The average molecular weight is 306 g/mol. The number of aliphatic hydroxyl groups excluding tert-OH is 1. The Bertz CT molecular complexity index is 508. The topological polar surface area (TPSA) is 52.6 Å². The third-order valence-electron chi connectivity index (χ3n) is 3.50. The van der Waals surface area contributed by atoms with E-state index >= 15 is 0 Å². The molecule has 5 heteroatoms. The number of carbonyl (C=O) groups excluding carboxylic acids is 1. The van der Waals surface area contributed by atoms with Crippen LogP contribution in [0.5, 0.6) is 0 Å². The van der Waals surface area contributed by atoms with Crippen molar-refractivity contribution in [3.05, 3.63) is 21.9 Å². The lowest BCUT2D eigenvalue weighted by Gasteiger charge is -2.20. The highest BCUT2D eigenvalue weighted by molar-refractivity contribution is 7.10. The minimum atomic E-state index is 0.0274. The van der Waals surface area contributed by atoms with E-state index in [1.807, 2.05) is 16.3 Å². The summed E-state index contributed by atoms with van der Waals surface area (Å²) in [5.74, 6) is 5.96. The Balaban J connectivity index is 1.86. The Kier molecular flexibility index (Phi) is 6.58. The number of hydrogen-bond acceptors (Lipinski definition) is 3. The van der Waals surface area contributed by atoms with Crippen LogP contribution in [0.4, 0.5) is 4.79 Å². The van der Waals surface area contributed by atoms with E-state index < -0.39 is 0 Å². The van der Waals surface area contributed by atoms with Gasteiger partial charge in [-0.05, 0) is 24.3 Å². The molecular weight excluding hydrogens is 284 g/mol. The van der Waals surface area contributed by atoms with Crippen molar-refractivity contribution >= 4 is 17.4 Å². The van der Waals surface area contributed by atoms with Crippen molar-refractivity contribution in [2.24, 2.45) is 0 Å². The molecule has 1 aromatic rings. The van der Waals surface area contributed by atoms with Gasteiger partial charge in [-0.1, -0.05) is 24.7 Å². The maximum Gasteiger partial charge on any atom is 0.317 e. The van der Waals surface area contributed by atoms with E-state index in [1.165, 1.54) is 12.8 Å². The Morgan fingerprint density at radius 2 is 2.10 bits per heavy atom. The molecule has 2 N–H and O–H groups in total. The van der Waals surface area contributed by atoms with E-state index in [0.717, 1.165) is 36.4 Å². The van der Waals surface area contributed by atoms with Gasteiger partial charge in [0.1, 0.15) is 0 Å². The second-order valence-electron chi connectivity index (χ2n) is 5.09. The third kappa shape index (κ3) is 5.07. The van der Waals surface area contributed by atoms with Crippen molar-refractivity contribution in [1.82, 2.24) is 10.2 Å². The van der Waals surface area contributed by atoms with Crippen molar-refractivity contribution in [1.29, 1.82) is 0 Å². The molecule has 0 saturated carbocycles. The first-order valence-corrected chi connectivity index (χ1v) is 8.38. The molecule has 0 spiro atoms. The largest absolute Gasteiger partial charge is 0.395 e. The second-order valence-corrected chi connectivity index (χ2v) is 6.09. The highest BCUT2D eigenvalue weighted by atomic mass is 32.1. The minimum absolute atomic E-state index is 0.0274. The SMILES string of the molecule is O=C(NCc1sccc1C#CCCO)N1CCCCCC1. The van der Waals surface area contributed by atoms with Gasteiger partial charge in [-0.2, -0.15) is 0 Å². The van der Waals surface area contributed by atoms with Gasteiger partial charge in [0.15, 0.2) is 0 Å². The predicted molar refractivity (Wildman–Crippen MR) is 85.2 cm³/mol. The molecule has 2 rings (SSSR count). The molecule has 1 saturated heterocycles. The van der Waals surface area contributed by atoms with Crippen LogP contribution < -0.4 is 5.32 Å². The highest BCUT2D eigenvalue weighted by Gasteiger charge is 2.15. The molecule has 0 radical (unpaired) electrons. The van der Waals surface area contributed by atoms with Gasteiger partial charge in [-0.3, -0.25) is 0 Å². The summed E-state index contributed by atoms with van der Waals surface area (Å²) in [7, 11) is 0. The molecule has 0 bridgehead atoms. The summed E-state index contributed by atoms with van der Waals surface area (Å²) in [6, 6.07) is 1.99. The molecule has 0 unspecified atom stereocenters. The second kappa shape index (κ2) is 8.71. The van der Waals surface area contributed by atoms with Gasteiger partial charge in [-0.15, -0.1) is 11.3 Å². The summed E-state index contributed by atoms with van der Waals surface area (Å²) in [4.78, 5) is 15.2. The Morgan fingerprint density at radius 1 is 1.33 bits per heavy atom. The first-order chi connectivity index (χ1) is 10.3. The van der Waals surface area contributed by atoms with Gasteiger partial charge in [-0.25, -0.2) is 4.79 Å². The van der Waals surface area contributed by atoms with Crippen molar-refractivity contribution in [3.8, 4) is 11.8 Å². The van der Waals surface area contributed by atoms with Crippen LogP contribution in [0.1, 0.15) is 42.5 Å². The number of thiophene rings is 1. The van der Waals surface area contributed by atoms with Crippen LogP contribution in [0.3, 0.4) is 0 Å². The van der Waals surface area contributed by atoms with Crippen LogP contribution in [0.25, 0.3) is 0 Å². The molecule has 4 nitrogen and oxygen atoms in total. The fourth-order valence-electron chi connectivity index (χ4n) is 2.34. The quantitative estimate of drug-likeness (QED) is 0.843. The lowest BCUT2D eigenvalue weighted by atomic mass is 10.2. The van der Waals surface area contributed by atoms with Gasteiger partial charge in [0.2, 0.25) is 0 Å². The molecule has 1 aliphatic rings. The number of urea groups is 1. The zero-order valence-corrected chi connectivity index (χ0v) is 13.0. The summed E-state index contributed by atoms with van der Waals surface area (Å²) in [5.41, 5.74) is 0.949. The molecule has 1 aromatic heterocycles. The van der Waals surface area contributed by atoms with E-state index in [-0.39, 0.29) is 12.6 Å². The van der Waals surface area contributed by atoms with E-state index in [9.17, 15) is 4.79 Å². The number of amides is 2. The molecule has 114 valence electrons. The number of likely N-dealkylation sites (tertiary alicyclic amines) is 1. The molecule has 2 amide bonds. The molecule has 1 fully saturated rings. The van der Waals surface area contributed by atoms with Gasteiger partial charge in [0, 0.05) is 30.0 Å². The summed E-state index contributed by atoms with van der Waals surface area (Å²) < 4.78 is 0. The standard InChI is InChI=1S/C16H22N2O2S/c19-11-6-3-7-14-8-12-21-15(14)13-17-16(20)18-9-4-1-2-5-10-18/h8,12,19H,1-2,4-6,9-11,13H2,(H,17,20). The molecule has 1 aliphatic heterocycles. The van der Waals surface area contributed by atoms with Gasteiger partial charge in [0.25, 0.3) is 0 Å². The predicted octanol–water partition coefficient (Wildman–Crippen LogP) is 2.57. The first-order valence-electron chi connectivity index (χ1n) is 7.50. The van der Waals surface area contributed by atoms with Crippen molar-refractivity contribution in [2.45, 2.75) is 38.6 Å². The number of nitrogens with one attached hydrogen (secondary N) is 1. The fourth-order valence-corrected chi connectivity index (χ4v) is 3.11. The van der Waals surface area contributed by atoms with Crippen LogP contribution in [0, 0.1) is 11.8 Å². The summed E-state index contributed by atoms with van der Waals surface area (Å²) in [6.07, 6.45) is 5.13. The lowest BCUT2D eigenvalue weighted by molar-refractivity contribution is 0.199. The van der Waals surface area contributed by atoms with Gasteiger partial charge < -0.3 is 15.3 Å². The fraction of sp³-hybridized carbons (Fsp3) is 0.562. The van der Waals surface area contributed by atoms with E-state index in [1.54, 1.807) is 11.3 Å². The summed E-state index contributed by atoms with van der Waals surface area (Å²) in [6.45, 7) is 2.33. The molecule has 0 aromatic carbocycles. The van der Waals surface area contributed by atoms with Crippen molar-refractivity contribution < 1.29 is 9.90 Å². The van der Waals surface area contributed by atoms with Crippen LogP contribution in [0.2, 0.25) is 0 Å². The maximum atomic E-state index is 12.2. The number of nitrogens with zero attached hydrogens (tertiary/aromatic N) is 1. The third-order valence-corrected chi connectivity index (χ3v) is 4.42. The number of carbonyl (C=O) groups is 1. The van der Waals surface area contributed by atoms with Crippen LogP contribution >= 0.6 is 11.3 Å². The maximum absolute atomic E-state index is 12.2. The van der Waals surface area contributed by atoms with Crippen LogP contribution in [-0.2, 0) is 6.54 Å². The smallest absolute Gasteiger partial charge is 0.317 e. The van der Waals surface area contributed by atoms with Crippen molar-refractivity contribution in [3.63, 3.8) is 0 Å². The Labute approximate surface area is 130 Å². The number of hydrogen-bond donors (Lipinski definition) is 2. The number of aliphatic hydroxyl groups is 1. The molecule has 2 heterocycles. The van der Waals surface area contributed by atoms with E-state index in [4.69, 9.17) is 5.11 Å². The van der Waals surface area contributed by atoms with E-state index in [2.05, 4.69) is 17.2 Å². The normalized spacial score (nSPS) is 15.0. The molecular formula is C16H22N2O2S. The molecule has 0 aliphatic carbocycles. The van der Waals surface area contributed by atoms with Gasteiger partial charge >= 0.3 is 6.03 Å². The van der Waals surface area contributed by atoms with Crippen LogP contribution in [0.15, 0.2) is 11.4 Å². The number of rotatable bonds is 3. The van der Waals surface area contributed by atoms with E-state index in [0.29, 0.717) is 13.0 Å². The highest BCUT2D eigenvalue weighted by Crippen LogP contribution is 2.16. The summed E-state index contributed by atoms with van der Waals surface area (Å²) in [5, 5.41) is 13.7. The zero-order chi connectivity index (χ0) is 14.9. The van der Waals surface area contributed by atoms with Crippen molar-refractivity contribution in [2.75, 3.05) is 19.7 Å². The first kappa shape index (κ1) is 15.9. The summed E-state index contributed by atoms with van der Waals surface area (Å²) >= 11 is 1.60. The average Bonchev–Trinajstić information content (AvgIpc) is 2.76. The molecule has 21 heavy (non-hydrogen) atoms.